The van der Waals surface area contributed by atoms with E-state index in [0.29, 0.717) is 19.0 Å². The smallest absolute Gasteiger partial charge is 0.224 e. The van der Waals surface area contributed by atoms with Gasteiger partial charge < -0.3 is 10.2 Å². The molecule has 0 radical (unpaired) electrons. The number of hydrogen-bond acceptors (Lipinski definition) is 3. The number of amides is 1. The van der Waals surface area contributed by atoms with E-state index in [9.17, 15) is 4.79 Å². The van der Waals surface area contributed by atoms with Crippen molar-refractivity contribution in [3.8, 4) is 0 Å². The van der Waals surface area contributed by atoms with E-state index in [0.717, 1.165) is 18.5 Å². The molecule has 1 aromatic rings. The molecule has 4 nitrogen and oxygen atoms in total. The van der Waals surface area contributed by atoms with E-state index in [-0.39, 0.29) is 30.7 Å². The number of hydrogen-bond donors (Lipinski definition) is 1. The summed E-state index contributed by atoms with van der Waals surface area (Å²) >= 11 is 0. The molecule has 1 atom stereocenters. The van der Waals surface area contributed by atoms with Gasteiger partial charge in [-0.15, -0.1) is 24.8 Å². The molecule has 1 aromatic heterocycles. The Hall–Kier alpha value is -0.840. The van der Waals surface area contributed by atoms with Crippen LogP contribution in [0.15, 0.2) is 24.5 Å². The van der Waals surface area contributed by atoms with Gasteiger partial charge in [0.15, 0.2) is 0 Å². The predicted octanol–water partition coefficient (Wildman–Crippen LogP) is 2.03. The summed E-state index contributed by atoms with van der Waals surface area (Å²) in [5.41, 5.74) is 1.12. The average molecular weight is 306 g/mol. The van der Waals surface area contributed by atoms with Crippen LogP contribution >= 0.6 is 24.8 Å². The fraction of sp³-hybridized carbons (Fsp3) is 0.538. The summed E-state index contributed by atoms with van der Waals surface area (Å²) in [6.45, 7) is 1.71. The topological polar surface area (TPSA) is 45.2 Å². The molecular weight excluding hydrogens is 285 g/mol. The van der Waals surface area contributed by atoms with Crippen LogP contribution in [0.3, 0.4) is 0 Å². The van der Waals surface area contributed by atoms with E-state index in [2.05, 4.69) is 10.3 Å². The van der Waals surface area contributed by atoms with Crippen molar-refractivity contribution in [2.45, 2.75) is 31.8 Å². The fourth-order valence-corrected chi connectivity index (χ4v) is 2.15. The number of rotatable bonds is 4. The lowest BCUT2D eigenvalue weighted by Gasteiger charge is -2.19. The standard InChI is InChI=1S/C13H19N3O.2ClH/c1-16(10-11-4-7-14-8-5-11)13(17)9-12-3-2-6-15-12;;/h4-5,7-8,12,15H,2-3,6,9-10H2,1H3;2*1H. The maximum atomic E-state index is 12.0. The number of nitrogens with zero attached hydrogens (tertiary/aromatic N) is 2. The largest absolute Gasteiger partial charge is 0.341 e. The first kappa shape index (κ1) is 18.2. The summed E-state index contributed by atoms with van der Waals surface area (Å²) in [6, 6.07) is 4.26. The molecule has 1 aliphatic heterocycles. The molecule has 1 amide bonds. The van der Waals surface area contributed by atoms with Crippen LogP contribution in [-0.4, -0.2) is 35.4 Å². The van der Waals surface area contributed by atoms with Crippen molar-refractivity contribution in [1.82, 2.24) is 15.2 Å². The number of nitrogens with one attached hydrogen (secondary N) is 1. The van der Waals surface area contributed by atoms with Crippen molar-refractivity contribution >= 4 is 30.7 Å². The Kier molecular flexibility index (Phi) is 8.72. The molecule has 2 heterocycles. The Morgan fingerprint density at radius 2 is 2.11 bits per heavy atom. The second kappa shape index (κ2) is 9.13. The average Bonchev–Trinajstić information content (AvgIpc) is 2.83. The number of pyridine rings is 1. The number of halogens is 2. The molecule has 0 aliphatic carbocycles. The molecular formula is C13H21Cl2N3O. The maximum Gasteiger partial charge on any atom is 0.224 e. The highest BCUT2D eigenvalue weighted by molar-refractivity contribution is 5.85. The van der Waals surface area contributed by atoms with Crippen LogP contribution < -0.4 is 5.32 Å². The molecule has 1 N–H and O–H groups in total. The lowest BCUT2D eigenvalue weighted by Crippen LogP contribution is -2.33. The molecule has 0 aromatic carbocycles. The summed E-state index contributed by atoms with van der Waals surface area (Å²) in [5.74, 6) is 0.209. The van der Waals surface area contributed by atoms with Gasteiger partial charge in [0.2, 0.25) is 5.91 Å². The molecule has 2 rings (SSSR count). The Labute approximate surface area is 126 Å². The molecule has 1 saturated heterocycles. The zero-order valence-corrected chi connectivity index (χ0v) is 12.7. The summed E-state index contributed by atoms with van der Waals surface area (Å²) in [4.78, 5) is 17.7. The highest BCUT2D eigenvalue weighted by Crippen LogP contribution is 2.11. The van der Waals surface area contributed by atoms with E-state index in [1.165, 1.54) is 6.42 Å². The van der Waals surface area contributed by atoms with Crippen LogP contribution in [0, 0.1) is 0 Å². The third-order valence-electron chi connectivity index (χ3n) is 3.18. The van der Waals surface area contributed by atoms with Gasteiger partial charge in [-0.3, -0.25) is 9.78 Å². The van der Waals surface area contributed by atoms with Crippen LogP contribution in [-0.2, 0) is 11.3 Å². The second-order valence-corrected chi connectivity index (χ2v) is 4.60. The van der Waals surface area contributed by atoms with Crippen LogP contribution in [0.5, 0.6) is 0 Å². The lowest BCUT2D eigenvalue weighted by atomic mass is 10.1. The predicted molar refractivity (Wildman–Crippen MR) is 80.8 cm³/mol. The Morgan fingerprint density at radius 3 is 2.68 bits per heavy atom. The number of aromatic nitrogens is 1. The van der Waals surface area contributed by atoms with Crippen molar-refractivity contribution in [3.05, 3.63) is 30.1 Å². The molecule has 1 unspecified atom stereocenters. The highest BCUT2D eigenvalue weighted by Gasteiger charge is 2.19. The molecule has 0 saturated carbocycles. The minimum Gasteiger partial charge on any atom is -0.341 e. The number of carbonyl (C=O) groups excluding carboxylic acids is 1. The summed E-state index contributed by atoms with van der Waals surface area (Å²) in [7, 11) is 1.86. The molecule has 1 fully saturated rings. The van der Waals surface area contributed by atoms with Crippen LogP contribution in [0.4, 0.5) is 0 Å². The molecule has 19 heavy (non-hydrogen) atoms. The summed E-state index contributed by atoms with van der Waals surface area (Å²) in [6.07, 6.45) is 6.43. The van der Waals surface area contributed by atoms with E-state index in [1.54, 1.807) is 17.3 Å². The minimum absolute atomic E-state index is 0. The van der Waals surface area contributed by atoms with Gasteiger partial charge in [-0.1, -0.05) is 0 Å². The fourth-order valence-electron chi connectivity index (χ4n) is 2.15. The van der Waals surface area contributed by atoms with E-state index >= 15 is 0 Å². The van der Waals surface area contributed by atoms with Crippen LogP contribution in [0.1, 0.15) is 24.8 Å². The van der Waals surface area contributed by atoms with E-state index in [1.807, 2.05) is 19.2 Å². The summed E-state index contributed by atoms with van der Waals surface area (Å²) < 4.78 is 0. The molecule has 108 valence electrons. The van der Waals surface area contributed by atoms with Gasteiger partial charge in [-0.25, -0.2) is 0 Å². The quantitative estimate of drug-likeness (QED) is 0.926. The van der Waals surface area contributed by atoms with Crippen molar-refractivity contribution in [3.63, 3.8) is 0 Å². The molecule has 6 heteroatoms. The first-order chi connectivity index (χ1) is 8.25. The highest BCUT2D eigenvalue weighted by atomic mass is 35.5. The monoisotopic (exact) mass is 305 g/mol. The first-order valence-corrected chi connectivity index (χ1v) is 6.12. The molecule has 1 aliphatic rings. The Morgan fingerprint density at radius 1 is 1.42 bits per heavy atom. The maximum absolute atomic E-state index is 12.0. The summed E-state index contributed by atoms with van der Waals surface area (Å²) in [5, 5.41) is 3.35. The first-order valence-electron chi connectivity index (χ1n) is 6.12. The van der Waals surface area contributed by atoms with Crippen molar-refractivity contribution in [1.29, 1.82) is 0 Å². The second-order valence-electron chi connectivity index (χ2n) is 4.60. The van der Waals surface area contributed by atoms with Gasteiger partial charge in [0.1, 0.15) is 0 Å². The van der Waals surface area contributed by atoms with Crippen LogP contribution in [0.25, 0.3) is 0 Å². The zero-order chi connectivity index (χ0) is 12.1. The Bertz CT molecular complexity index is 369. The van der Waals surface area contributed by atoms with Gasteiger partial charge in [0.05, 0.1) is 0 Å². The van der Waals surface area contributed by atoms with Gasteiger partial charge in [0.25, 0.3) is 0 Å². The zero-order valence-electron chi connectivity index (χ0n) is 11.0. The van der Waals surface area contributed by atoms with Gasteiger partial charge in [-0.05, 0) is 37.1 Å². The van der Waals surface area contributed by atoms with Crippen LogP contribution in [0.2, 0.25) is 0 Å². The third kappa shape index (κ3) is 5.76. The van der Waals surface area contributed by atoms with Gasteiger partial charge in [0, 0.05) is 38.4 Å². The van der Waals surface area contributed by atoms with Crippen molar-refractivity contribution < 1.29 is 4.79 Å². The van der Waals surface area contributed by atoms with Gasteiger partial charge >= 0.3 is 0 Å². The Balaban J connectivity index is 0.00000162. The van der Waals surface area contributed by atoms with Crippen molar-refractivity contribution in [2.75, 3.05) is 13.6 Å². The third-order valence-corrected chi connectivity index (χ3v) is 3.18. The van der Waals surface area contributed by atoms with E-state index < -0.39 is 0 Å². The number of carbonyl (C=O) groups is 1. The van der Waals surface area contributed by atoms with Crippen molar-refractivity contribution in [2.24, 2.45) is 0 Å². The normalized spacial score (nSPS) is 17.2. The van der Waals surface area contributed by atoms with E-state index in [4.69, 9.17) is 0 Å². The molecule has 0 bridgehead atoms. The minimum atomic E-state index is 0. The lowest BCUT2D eigenvalue weighted by molar-refractivity contribution is -0.130. The SMILES string of the molecule is CN(Cc1ccncc1)C(=O)CC1CCCN1.Cl.Cl. The van der Waals surface area contributed by atoms with Gasteiger partial charge in [-0.2, -0.15) is 0 Å². The molecule has 0 spiro atoms.